The average molecular weight is 1100 g/mol. The van der Waals surface area contributed by atoms with Crippen molar-refractivity contribution in [2.75, 3.05) is 7.11 Å². The minimum absolute atomic E-state index is 0. The number of para-hydroxylation sites is 3. The number of benzene rings is 5. The monoisotopic (exact) mass is 1100 g/mol. The topological polar surface area (TPSA) is 230 Å². The Labute approximate surface area is 462 Å². The number of phenols is 3. The SMILES string of the molecule is C.CC.CC.CC.CC.CC.CC(=O)O.CC(=O)O.CO.O=C(O)c1ccccc1.O=C(O)c1ccccc1.Oc1ccccc1.Oc1ccccc1.Oc1ccccc1.[2HH].[BH].[CH3-].[CH3-].[CH3-].[CH3-].[Y].[Y]. The second kappa shape index (κ2) is 99.9. The Hall–Kier alpha value is -4.39. The molecule has 15 heteroatoms. The second-order valence-electron chi connectivity index (χ2n) is 8.39. The Morgan fingerprint density at radius 1 is 0.343 bits per heavy atom. The summed E-state index contributed by atoms with van der Waals surface area (Å²) >= 11 is 0. The van der Waals surface area contributed by atoms with Crippen molar-refractivity contribution >= 4 is 32.3 Å². The van der Waals surface area contributed by atoms with E-state index < -0.39 is 23.9 Å². The Morgan fingerprint density at radius 3 is 0.507 bits per heavy atom. The van der Waals surface area contributed by atoms with E-state index in [9.17, 15) is 9.59 Å². The fraction of sp³-hybridized carbons (Fsp3) is 0.269. The molecule has 0 heterocycles. The van der Waals surface area contributed by atoms with Crippen molar-refractivity contribution in [1.82, 2.24) is 0 Å². The van der Waals surface area contributed by atoms with E-state index in [-0.39, 0.29) is 112 Å². The van der Waals surface area contributed by atoms with E-state index in [1.807, 2.05) is 87.4 Å². The van der Waals surface area contributed by atoms with Crippen LogP contribution in [0, 0.1) is 29.7 Å². The van der Waals surface area contributed by atoms with Crippen molar-refractivity contribution in [1.29, 1.82) is 0 Å². The molecule has 384 valence electrons. The van der Waals surface area contributed by atoms with E-state index >= 15 is 0 Å². The molecule has 0 amide bonds. The first kappa shape index (κ1) is 109. The van der Waals surface area contributed by atoms with Gasteiger partial charge in [-0.25, -0.2) is 9.59 Å². The Morgan fingerprint density at radius 2 is 0.448 bits per heavy atom. The summed E-state index contributed by atoms with van der Waals surface area (Å²) in [5.74, 6) is -2.46. The molecule has 0 aliphatic carbocycles. The molecular formula is C52H91BO12Y2-4. The standard InChI is InChI=1S/2C7H6O2.3C6H6O.2C2H4O2.5C2H6.CH4O.CH4.4CH3.BH.2Y.H2/c2*8-7(9)6-4-2-1-3-5-6;3*7-6-4-2-1-3-5-6;2*1-2(3)4;6*1-2;;;;;;;;;/h2*1-5H,(H,8,9);3*1-5,7H;2*1H3,(H,3,4);5*1-2H3;2H,1H3;1H4;4*1H3;1H;;;1H/q;;;;;;;;;;;;;;4*-1;;;;/i;;;;;;;;;;;;;;;;;;;;;1+1. The average Bonchev–Trinajstić information content (AvgIpc) is 3.27. The molecule has 0 atom stereocenters. The van der Waals surface area contributed by atoms with Gasteiger partial charge in [-0.2, -0.15) is 0 Å². The number of phenolic OH excluding ortho intramolecular Hbond substituents is 3. The molecule has 0 saturated heterocycles. The number of aliphatic hydroxyl groups excluding tert-OH is 1. The number of carboxylic acids is 4. The van der Waals surface area contributed by atoms with E-state index in [1.165, 1.54) is 0 Å². The quantitative estimate of drug-likeness (QED) is 0.0610. The van der Waals surface area contributed by atoms with Gasteiger partial charge in [-0.1, -0.05) is 168 Å². The van der Waals surface area contributed by atoms with Gasteiger partial charge in [0.1, 0.15) is 17.2 Å². The van der Waals surface area contributed by atoms with Crippen LogP contribution in [0.25, 0.3) is 0 Å². The van der Waals surface area contributed by atoms with Crippen molar-refractivity contribution in [3.63, 3.8) is 0 Å². The van der Waals surface area contributed by atoms with Gasteiger partial charge in [0.25, 0.3) is 11.9 Å². The minimum Gasteiger partial charge on any atom is -0.508 e. The number of aromatic carboxylic acids is 2. The number of aliphatic carboxylic acids is 2. The maximum Gasteiger partial charge on any atom is 0.335 e. The maximum atomic E-state index is 10.2. The van der Waals surface area contributed by atoms with E-state index in [1.54, 1.807) is 133 Å². The molecule has 0 aliphatic rings. The minimum atomic E-state index is -0.879. The van der Waals surface area contributed by atoms with E-state index in [4.69, 9.17) is 50.4 Å². The van der Waals surface area contributed by atoms with Crippen molar-refractivity contribution in [3.8, 4) is 17.2 Å². The number of hydrogen-bond donors (Lipinski definition) is 8. The molecule has 4 radical (unpaired) electrons. The zero-order valence-corrected chi connectivity index (χ0v) is 48.7. The molecule has 0 aromatic heterocycles. The molecule has 5 rings (SSSR count). The predicted molar refractivity (Wildman–Crippen MR) is 284 cm³/mol. The largest absolute Gasteiger partial charge is 0.508 e. The van der Waals surface area contributed by atoms with Crippen molar-refractivity contribution in [3.05, 3.63) is 192 Å². The van der Waals surface area contributed by atoms with Crippen LogP contribution < -0.4 is 0 Å². The number of carboxylic acid groups (broad SMARTS) is 4. The molecule has 0 saturated carbocycles. The molecule has 12 nitrogen and oxygen atoms in total. The molecule has 67 heavy (non-hydrogen) atoms. The number of hydrogen-bond acceptors (Lipinski definition) is 8. The van der Waals surface area contributed by atoms with Crippen molar-refractivity contribution in [2.45, 2.75) is 90.5 Å². The first-order valence-corrected chi connectivity index (χ1v) is 18.9. The Kier molecular flexibility index (Phi) is 163. The van der Waals surface area contributed by atoms with Gasteiger partial charge in [0.05, 0.1) is 11.1 Å². The summed E-state index contributed by atoms with van der Waals surface area (Å²) in [6.07, 6.45) is 0. The Bertz CT molecular complexity index is 1370. The summed E-state index contributed by atoms with van der Waals surface area (Å²) in [4.78, 5) is 38.4. The first-order chi connectivity index (χ1) is 28.3. The van der Waals surface area contributed by atoms with Crippen LogP contribution in [0.15, 0.2) is 152 Å². The molecule has 8 N–H and O–H groups in total. The number of rotatable bonds is 2. The van der Waals surface area contributed by atoms with E-state index in [0.717, 1.165) is 21.0 Å². The van der Waals surface area contributed by atoms with Crippen LogP contribution in [-0.4, -0.2) is 80.3 Å². The molecule has 0 fully saturated rings. The predicted octanol–water partition coefficient (Wildman–Crippen LogP) is 13.9. The van der Waals surface area contributed by atoms with Gasteiger partial charge in [0, 0.05) is 96.2 Å². The summed E-state index contributed by atoms with van der Waals surface area (Å²) in [5.41, 5.74) is 0.662. The van der Waals surface area contributed by atoms with Gasteiger partial charge >= 0.3 is 11.9 Å². The number of carbonyl (C=O) groups is 4. The van der Waals surface area contributed by atoms with Crippen LogP contribution in [0.2, 0.25) is 0 Å². The van der Waals surface area contributed by atoms with E-state index in [2.05, 4.69) is 0 Å². The smallest absolute Gasteiger partial charge is 0.335 e. The fourth-order valence-corrected chi connectivity index (χ4v) is 2.45. The first-order valence-electron chi connectivity index (χ1n) is 18.9. The second-order valence-corrected chi connectivity index (χ2v) is 8.39. The third-order valence-electron chi connectivity index (χ3n) is 4.31. The number of aromatic hydroxyl groups is 3. The third-order valence-corrected chi connectivity index (χ3v) is 4.31. The van der Waals surface area contributed by atoms with Crippen molar-refractivity contribution < 1.29 is 127 Å². The van der Waals surface area contributed by atoms with Gasteiger partial charge < -0.3 is 70.6 Å². The van der Waals surface area contributed by atoms with Crippen LogP contribution in [0.1, 0.15) is 113 Å². The van der Waals surface area contributed by atoms with Crippen LogP contribution >= 0.6 is 0 Å². The van der Waals surface area contributed by atoms with Gasteiger partial charge in [-0.05, 0) is 60.7 Å². The zero-order chi connectivity index (χ0) is 47.9. The van der Waals surface area contributed by atoms with Crippen molar-refractivity contribution in [2.24, 2.45) is 0 Å². The molecule has 5 aromatic rings. The van der Waals surface area contributed by atoms with Crippen LogP contribution in [-0.2, 0) is 75.0 Å². The molecular weight excluding hydrogens is 1010 g/mol. The summed E-state index contributed by atoms with van der Waals surface area (Å²) in [7, 11) is 1.00. The molecule has 0 aliphatic heterocycles. The molecule has 0 bridgehead atoms. The zero-order valence-electron chi connectivity index (χ0n) is 43.0. The summed E-state index contributed by atoms with van der Waals surface area (Å²) in [6, 6.07) is 42.7. The van der Waals surface area contributed by atoms with E-state index in [0.29, 0.717) is 28.4 Å². The number of aliphatic hydroxyl groups is 1. The van der Waals surface area contributed by atoms with Gasteiger partial charge in [-0.15, -0.1) is 0 Å². The van der Waals surface area contributed by atoms with Crippen LogP contribution in [0.5, 0.6) is 17.2 Å². The normalized spacial score (nSPS) is 6.36. The fourth-order valence-electron chi connectivity index (χ4n) is 2.45. The van der Waals surface area contributed by atoms with Crippen LogP contribution in [0.4, 0.5) is 0 Å². The molecule has 0 unspecified atom stereocenters. The van der Waals surface area contributed by atoms with Gasteiger partial charge in [0.15, 0.2) is 0 Å². The summed E-state index contributed by atoms with van der Waals surface area (Å²) in [5, 5.41) is 64.5. The summed E-state index contributed by atoms with van der Waals surface area (Å²) in [6.45, 7) is 22.2. The van der Waals surface area contributed by atoms with Crippen LogP contribution in [0.3, 0.4) is 0 Å². The Balaban J connectivity index is -0.0000000284. The van der Waals surface area contributed by atoms with Gasteiger partial charge in [-0.3, -0.25) is 9.59 Å². The molecule has 5 aromatic carbocycles. The third kappa shape index (κ3) is 115. The molecule has 0 spiro atoms. The van der Waals surface area contributed by atoms with Gasteiger partial charge in [0.2, 0.25) is 0 Å². The maximum absolute atomic E-state index is 10.2. The summed E-state index contributed by atoms with van der Waals surface area (Å²) < 4.78 is 0.